The van der Waals surface area contributed by atoms with Crippen molar-refractivity contribution in [2.24, 2.45) is 0 Å². The summed E-state index contributed by atoms with van der Waals surface area (Å²) in [4.78, 5) is 20.8. The number of nitrogens with zero attached hydrogens (tertiary/aromatic N) is 2. The van der Waals surface area contributed by atoms with Gasteiger partial charge in [0, 0.05) is 11.1 Å². The SMILES string of the molecule is COc1nc(OC)c(NC(=O)c2ccc(Oc3cc(C(C)C)c(Cl)cc3C)o2)c(OC)n1. The quantitative estimate of drug-likeness (QED) is 0.486. The minimum Gasteiger partial charge on any atom is -0.479 e. The maximum absolute atomic E-state index is 12.7. The highest BCUT2D eigenvalue weighted by molar-refractivity contribution is 6.31. The van der Waals surface area contributed by atoms with Crippen LogP contribution in [0.5, 0.6) is 29.5 Å². The predicted molar refractivity (Wildman–Crippen MR) is 119 cm³/mol. The van der Waals surface area contributed by atoms with E-state index in [2.05, 4.69) is 15.3 Å². The molecule has 0 unspecified atom stereocenters. The second-order valence-electron chi connectivity index (χ2n) is 7.07. The summed E-state index contributed by atoms with van der Waals surface area (Å²) in [5.74, 6) is 0.550. The number of anilines is 1. The van der Waals surface area contributed by atoms with Crippen LogP contribution in [-0.4, -0.2) is 37.2 Å². The van der Waals surface area contributed by atoms with Gasteiger partial charge < -0.3 is 28.7 Å². The average molecular weight is 462 g/mol. The zero-order chi connectivity index (χ0) is 23.4. The molecule has 0 saturated heterocycles. The number of benzene rings is 1. The molecule has 3 aromatic rings. The average Bonchev–Trinajstić information content (AvgIpc) is 3.24. The number of aromatic nitrogens is 2. The molecular weight excluding hydrogens is 438 g/mol. The van der Waals surface area contributed by atoms with E-state index in [0.29, 0.717) is 10.8 Å². The molecule has 3 rings (SSSR count). The maximum Gasteiger partial charge on any atom is 0.322 e. The molecule has 0 saturated carbocycles. The Morgan fingerprint density at radius 2 is 1.72 bits per heavy atom. The highest BCUT2D eigenvalue weighted by Gasteiger charge is 2.22. The van der Waals surface area contributed by atoms with E-state index in [0.717, 1.165) is 11.1 Å². The lowest BCUT2D eigenvalue weighted by Crippen LogP contribution is -2.14. The van der Waals surface area contributed by atoms with E-state index >= 15 is 0 Å². The van der Waals surface area contributed by atoms with Gasteiger partial charge in [0.05, 0.1) is 21.3 Å². The second kappa shape index (κ2) is 9.78. The number of amides is 1. The fourth-order valence-electron chi connectivity index (χ4n) is 2.90. The van der Waals surface area contributed by atoms with Gasteiger partial charge in [-0.3, -0.25) is 4.79 Å². The number of carbonyl (C=O) groups excluding carboxylic acids is 1. The predicted octanol–water partition coefficient (Wildman–Crippen LogP) is 5.23. The number of aryl methyl sites for hydroxylation is 1. The summed E-state index contributed by atoms with van der Waals surface area (Å²) in [6.45, 7) is 5.96. The Kier molecular flexibility index (Phi) is 7.09. The van der Waals surface area contributed by atoms with Crippen molar-refractivity contribution in [2.75, 3.05) is 26.6 Å². The van der Waals surface area contributed by atoms with Crippen molar-refractivity contribution >= 4 is 23.2 Å². The van der Waals surface area contributed by atoms with E-state index in [1.165, 1.54) is 27.4 Å². The molecule has 170 valence electrons. The summed E-state index contributed by atoms with van der Waals surface area (Å²) in [6.07, 6.45) is 0. The number of rotatable bonds is 8. The van der Waals surface area contributed by atoms with Crippen LogP contribution in [0.4, 0.5) is 5.69 Å². The second-order valence-corrected chi connectivity index (χ2v) is 7.48. The van der Waals surface area contributed by atoms with Gasteiger partial charge in [0.2, 0.25) is 11.8 Å². The molecule has 0 spiro atoms. The first-order valence-electron chi connectivity index (χ1n) is 9.70. The summed E-state index contributed by atoms with van der Waals surface area (Å²) in [5.41, 5.74) is 1.93. The Balaban J connectivity index is 1.83. The molecule has 2 heterocycles. The van der Waals surface area contributed by atoms with E-state index in [9.17, 15) is 4.79 Å². The number of methoxy groups -OCH3 is 3. The first-order valence-corrected chi connectivity index (χ1v) is 10.1. The number of hydrogen-bond donors (Lipinski definition) is 1. The third-order valence-corrected chi connectivity index (χ3v) is 4.89. The summed E-state index contributed by atoms with van der Waals surface area (Å²) < 4.78 is 26.9. The molecule has 0 bridgehead atoms. The summed E-state index contributed by atoms with van der Waals surface area (Å²) >= 11 is 6.32. The van der Waals surface area contributed by atoms with Gasteiger partial charge >= 0.3 is 6.01 Å². The molecule has 1 N–H and O–H groups in total. The smallest absolute Gasteiger partial charge is 0.322 e. The van der Waals surface area contributed by atoms with Crippen molar-refractivity contribution in [1.29, 1.82) is 0 Å². The minimum atomic E-state index is -0.569. The van der Waals surface area contributed by atoms with Gasteiger partial charge in [0.25, 0.3) is 11.9 Å². The standard InChI is InChI=1S/C22H24ClN3O6/c1-11(2)13-10-16(12(3)9-14(13)23)32-17-8-7-15(31-17)19(27)24-18-20(28-4)25-22(30-6)26-21(18)29-5/h7-11H,1-6H3,(H,24,27). The van der Waals surface area contributed by atoms with Crippen LogP contribution in [0.3, 0.4) is 0 Å². The highest BCUT2D eigenvalue weighted by Crippen LogP contribution is 2.36. The Bertz CT molecular complexity index is 1100. The van der Waals surface area contributed by atoms with Crippen molar-refractivity contribution in [1.82, 2.24) is 9.97 Å². The molecule has 0 radical (unpaired) electrons. The number of halogens is 1. The number of hydrogen-bond acceptors (Lipinski definition) is 8. The van der Waals surface area contributed by atoms with E-state index < -0.39 is 5.91 Å². The van der Waals surface area contributed by atoms with Gasteiger partial charge in [0.1, 0.15) is 5.75 Å². The van der Waals surface area contributed by atoms with Crippen LogP contribution < -0.4 is 24.3 Å². The first-order chi connectivity index (χ1) is 15.3. The molecule has 0 aliphatic carbocycles. The van der Waals surface area contributed by atoms with Gasteiger partial charge in [-0.05, 0) is 42.2 Å². The molecule has 1 aromatic carbocycles. The minimum absolute atomic E-state index is 0.00984. The normalized spacial score (nSPS) is 10.8. The van der Waals surface area contributed by atoms with Gasteiger partial charge in [-0.25, -0.2) is 0 Å². The van der Waals surface area contributed by atoms with Crippen LogP contribution in [0.1, 0.15) is 41.4 Å². The molecule has 0 aliphatic rings. The topological polar surface area (TPSA) is 105 Å². The molecule has 32 heavy (non-hydrogen) atoms. The fourth-order valence-corrected chi connectivity index (χ4v) is 3.33. The summed E-state index contributed by atoms with van der Waals surface area (Å²) in [7, 11) is 4.20. The third kappa shape index (κ3) is 4.88. The highest BCUT2D eigenvalue weighted by atomic mass is 35.5. The third-order valence-electron chi connectivity index (χ3n) is 4.56. The van der Waals surface area contributed by atoms with Crippen LogP contribution in [0.15, 0.2) is 28.7 Å². The van der Waals surface area contributed by atoms with Crippen molar-refractivity contribution in [3.8, 4) is 29.5 Å². The molecule has 2 aromatic heterocycles. The number of furan rings is 1. The van der Waals surface area contributed by atoms with Crippen LogP contribution >= 0.6 is 11.6 Å². The van der Waals surface area contributed by atoms with Gasteiger partial charge in [-0.2, -0.15) is 9.97 Å². The summed E-state index contributed by atoms with van der Waals surface area (Å²) in [5, 5.41) is 3.31. The van der Waals surface area contributed by atoms with Gasteiger partial charge in [-0.1, -0.05) is 25.4 Å². The molecule has 0 fully saturated rings. The van der Waals surface area contributed by atoms with Gasteiger partial charge in [0.15, 0.2) is 11.4 Å². The van der Waals surface area contributed by atoms with E-state index in [1.807, 2.05) is 32.9 Å². The molecule has 0 atom stereocenters. The van der Waals surface area contributed by atoms with Gasteiger partial charge in [-0.15, -0.1) is 0 Å². The molecule has 0 aliphatic heterocycles. The van der Waals surface area contributed by atoms with Crippen molar-refractivity contribution in [3.63, 3.8) is 0 Å². The Morgan fingerprint density at radius 3 is 2.28 bits per heavy atom. The fraction of sp³-hybridized carbons (Fsp3) is 0.318. The number of ether oxygens (including phenoxy) is 4. The molecular formula is C22H24ClN3O6. The van der Waals surface area contributed by atoms with Crippen LogP contribution in [0.2, 0.25) is 5.02 Å². The first kappa shape index (κ1) is 23.2. The Morgan fingerprint density at radius 1 is 1.06 bits per heavy atom. The molecule has 9 nitrogen and oxygen atoms in total. The zero-order valence-electron chi connectivity index (χ0n) is 18.6. The van der Waals surface area contributed by atoms with Crippen LogP contribution in [-0.2, 0) is 0 Å². The Hall–Kier alpha value is -3.46. The summed E-state index contributed by atoms with van der Waals surface area (Å²) in [6, 6.07) is 6.78. The van der Waals surface area contributed by atoms with E-state index in [-0.39, 0.29) is 41.1 Å². The van der Waals surface area contributed by atoms with Crippen molar-refractivity contribution in [3.05, 3.63) is 46.2 Å². The zero-order valence-corrected chi connectivity index (χ0v) is 19.4. The van der Waals surface area contributed by atoms with E-state index in [1.54, 1.807) is 6.07 Å². The lowest BCUT2D eigenvalue weighted by Gasteiger charge is -2.13. The number of nitrogens with one attached hydrogen (secondary N) is 1. The lowest BCUT2D eigenvalue weighted by atomic mass is 10.0. The maximum atomic E-state index is 12.7. The van der Waals surface area contributed by atoms with Crippen LogP contribution in [0, 0.1) is 6.92 Å². The van der Waals surface area contributed by atoms with Crippen molar-refractivity contribution in [2.45, 2.75) is 26.7 Å². The molecule has 1 amide bonds. The number of carbonyl (C=O) groups is 1. The monoisotopic (exact) mass is 461 g/mol. The lowest BCUT2D eigenvalue weighted by molar-refractivity contribution is 0.0990. The van der Waals surface area contributed by atoms with E-state index in [4.69, 9.17) is 35.0 Å². The largest absolute Gasteiger partial charge is 0.479 e. The van der Waals surface area contributed by atoms with Crippen molar-refractivity contribution < 1.29 is 28.2 Å². The molecule has 10 heteroatoms. The Labute approximate surface area is 190 Å². The van der Waals surface area contributed by atoms with Crippen LogP contribution in [0.25, 0.3) is 0 Å².